The SMILES string of the molecule is CC(C)[C@H](NC(=O)[C@@H](NC(=O)[C@H](CCCN=C(N)N)NC(=O)[C@H](C)NC(=O)[C@@H](N)CCCN=C(N)N)[C@@H](C)O)C(=O)N[C@H](C(=O)O)[C@@H](C)O. The first kappa shape index (κ1) is 44.2. The molecule has 280 valence electrons. The Morgan fingerprint density at radius 3 is 1.49 bits per heavy atom. The third kappa shape index (κ3) is 17.3. The molecule has 18 N–H and O–H groups in total. The summed E-state index contributed by atoms with van der Waals surface area (Å²) in [7, 11) is 0. The van der Waals surface area contributed by atoms with Gasteiger partial charge in [-0.25, -0.2) is 4.79 Å². The second-order valence-corrected chi connectivity index (χ2v) is 11.8. The van der Waals surface area contributed by atoms with Crippen molar-refractivity contribution in [2.75, 3.05) is 13.1 Å². The molecule has 0 saturated heterocycles. The first-order valence-electron chi connectivity index (χ1n) is 15.7. The molecule has 8 atom stereocenters. The van der Waals surface area contributed by atoms with E-state index in [9.17, 15) is 44.1 Å². The lowest BCUT2D eigenvalue weighted by Crippen LogP contribution is -2.62. The lowest BCUT2D eigenvalue weighted by atomic mass is 10.0. The van der Waals surface area contributed by atoms with Crippen LogP contribution in [0.3, 0.4) is 0 Å². The average molecular weight is 703 g/mol. The number of carbonyl (C=O) groups excluding carboxylic acids is 5. The van der Waals surface area contributed by atoms with Gasteiger partial charge in [-0.15, -0.1) is 0 Å². The molecule has 0 aliphatic heterocycles. The van der Waals surface area contributed by atoms with E-state index >= 15 is 0 Å². The molecular weight excluding hydrogens is 648 g/mol. The molecule has 49 heavy (non-hydrogen) atoms. The number of hydrogen-bond acceptors (Lipinski definition) is 11. The van der Waals surface area contributed by atoms with Crippen molar-refractivity contribution in [1.29, 1.82) is 0 Å². The monoisotopic (exact) mass is 702 g/mol. The van der Waals surface area contributed by atoms with Crippen LogP contribution >= 0.6 is 0 Å². The van der Waals surface area contributed by atoms with Crippen LogP contribution in [-0.4, -0.2) is 124 Å². The van der Waals surface area contributed by atoms with Crippen LogP contribution in [0.2, 0.25) is 0 Å². The van der Waals surface area contributed by atoms with Gasteiger partial charge in [0.15, 0.2) is 18.0 Å². The molecule has 0 saturated carbocycles. The van der Waals surface area contributed by atoms with Crippen molar-refractivity contribution >= 4 is 47.4 Å². The van der Waals surface area contributed by atoms with Crippen molar-refractivity contribution in [2.45, 2.75) is 109 Å². The number of guanidine groups is 2. The first-order valence-corrected chi connectivity index (χ1v) is 15.7. The number of hydrogen-bond donors (Lipinski definition) is 13. The van der Waals surface area contributed by atoms with Crippen LogP contribution in [0, 0.1) is 5.92 Å². The van der Waals surface area contributed by atoms with E-state index in [2.05, 4.69) is 36.6 Å². The minimum atomic E-state index is -1.67. The van der Waals surface area contributed by atoms with E-state index in [1.807, 2.05) is 0 Å². The molecule has 21 heteroatoms. The van der Waals surface area contributed by atoms with Gasteiger partial charge in [-0.05, 0) is 52.4 Å². The molecule has 0 heterocycles. The lowest BCUT2D eigenvalue weighted by Gasteiger charge is -2.29. The highest BCUT2D eigenvalue weighted by Gasteiger charge is 2.35. The fourth-order valence-corrected chi connectivity index (χ4v) is 4.17. The number of carboxylic acids is 1. The van der Waals surface area contributed by atoms with Crippen molar-refractivity contribution in [2.24, 2.45) is 44.6 Å². The third-order valence-electron chi connectivity index (χ3n) is 6.99. The van der Waals surface area contributed by atoms with Gasteiger partial charge in [-0.3, -0.25) is 34.0 Å². The molecule has 0 aliphatic carbocycles. The Kier molecular flexibility index (Phi) is 19.8. The Morgan fingerprint density at radius 1 is 0.592 bits per heavy atom. The highest BCUT2D eigenvalue weighted by atomic mass is 16.4. The maximum absolute atomic E-state index is 13.4. The Bertz CT molecular complexity index is 1190. The van der Waals surface area contributed by atoms with Gasteiger partial charge >= 0.3 is 5.97 Å². The molecule has 5 amide bonds. The minimum absolute atomic E-state index is 0.0413. The highest BCUT2D eigenvalue weighted by molar-refractivity contribution is 5.96. The normalized spacial score (nSPS) is 15.9. The zero-order valence-corrected chi connectivity index (χ0v) is 28.5. The van der Waals surface area contributed by atoms with E-state index in [0.717, 1.165) is 6.92 Å². The number of aliphatic carboxylic acids is 1. The maximum atomic E-state index is 13.4. The molecule has 0 aliphatic rings. The largest absolute Gasteiger partial charge is 0.480 e. The molecule has 21 nitrogen and oxygen atoms in total. The van der Waals surface area contributed by atoms with Crippen LogP contribution < -0.4 is 55.3 Å². The van der Waals surface area contributed by atoms with Gasteiger partial charge in [0.05, 0.1) is 18.2 Å². The van der Waals surface area contributed by atoms with Gasteiger partial charge in [-0.1, -0.05) is 13.8 Å². The molecule has 0 aromatic heterocycles. The standard InChI is InChI=1S/C28H54N12O9/c1-12(2)18(24(46)40-20(15(5)42)26(48)49)38-25(47)19(14(4)41)39-23(45)17(9-7-11-35-28(32)33)37-21(43)13(3)36-22(44)16(29)8-6-10-34-27(30)31/h12-20,41-42H,6-11,29H2,1-5H3,(H,36,44)(H,37,43)(H,38,47)(H,39,45)(H,40,46)(H,48,49)(H4,30,31,34)(H4,32,33,35)/t13-,14+,15+,16-,17-,18-,19-,20-/m0/s1. The molecular formula is C28H54N12O9. The first-order chi connectivity index (χ1) is 22.7. The molecule has 0 radical (unpaired) electrons. The molecule has 0 unspecified atom stereocenters. The summed E-state index contributed by atoms with van der Waals surface area (Å²) in [6, 6.07) is -8.08. The number of carbonyl (C=O) groups is 6. The molecule has 0 rings (SSSR count). The van der Waals surface area contributed by atoms with Gasteiger partial charge in [-0.2, -0.15) is 0 Å². The number of nitrogens with one attached hydrogen (secondary N) is 5. The van der Waals surface area contributed by atoms with Crippen LogP contribution in [0.1, 0.15) is 60.3 Å². The number of nitrogens with zero attached hydrogens (tertiary/aromatic N) is 2. The summed E-state index contributed by atoms with van der Waals surface area (Å²) in [6.45, 7) is 7.17. The number of aliphatic hydroxyl groups is 2. The number of carboxylic acid groups (broad SMARTS) is 1. The number of amides is 5. The third-order valence-corrected chi connectivity index (χ3v) is 6.99. The van der Waals surface area contributed by atoms with E-state index < -0.39 is 89.9 Å². The maximum Gasteiger partial charge on any atom is 0.328 e. The topological polar surface area (TPSA) is 378 Å². The highest BCUT2D eigenvalue weighted by Crippen LogP contribution is 2.07. The molecule has 0 fully saturated rings. The van der Waals surface area contributed by atoms with Crippen molar-refractivity contribution in [1.82, 2.24) is 26.6 Å². The fourth-order valence-electron chi connectivity index (χ4n) is 4.17. The van der Waals surface area contributed by atoms with E-state index in [4.69, 9.17) is 28.7 Å². The predicted molar refractivity (Wildman–Crippen MR) is 179 cm³/mol. The Hall–Kier alpha value is -4.76. The van der Waals surface area contributed by atoms with Crippen molar-refractivity contribution in [3.63, 3.8) is 0 Å². The van der Waals surface area contributed by atoms with Gasteiger partial charge in [0.25, 0.3) is 0 Å². The van der Waals surface area contributed by atoms with Gasteiger partial charge in [0.1, 0.15) is 24.2 Å². The lowest BCUT2D eigenvalue weighted by molar-refractivity contribution is -0.145. The van der Waals surface area contributed by atoms with E-state index in [-0.39, 0.29) is 44.3 Å². The average Bonchev–Trinajstić information content (AvgIpc) is 2.99. The Labute approximate surface area is 284 Å². The van der Waals surface area contributed by atoms with Crippen LogP contribution in [-0.2, 0) is 28.8 Å². The Balaban J connectivity index is 5.81. The fraction of sp³-hybridized carbons (Fsp3) is 0.714. The summed E-state index contributed by atoms with van der Waals surface area (Å²) in [4.78, 5) is 84.2. The minimum Gasteiger partial charge on any atom is -0.480 e. The number of rotatable bonds is 22. The zero-order valence-electron chi connectivity index (χ0n) is 28.5. The molecule has 0 spiro atoms. The van der Waals surface area contributed by atoms with Crippen molar-refractivity contribution in [3.05, 3.63) is 0 Å². The van der Waals surface area contributed by atoms with Crippen molar-refractivity contribution < 1.29 is 44.1 Å². The van der Waals surface area contributed by atoms with Crippen LogP contribution in [0.15, 0.2) is 9.98 Å². The van der Waals surface area contributed by atoms with E-state index in [0.29, 0.717) is 6.42 Å². The second-order valence-electron chi connectivity index (χ2n) is 11.8. The van der Waals surface area contributed by atoms with E-state index in [1.165, 1.54) is 13.8 Å². The number of aliphatic hydroxyl groups excluding tert-OH is 2. The van der Waals surface area contributed by atoms with Crippen LogP contribution in [0.25, 0.3) is 0 Å². The number of nitrogens with two attached hydrogens (primary N) is 5. The summed E-state index contributed by atoms with van der Waals surface area (Å²) >= 11 is 0. The molecule has 0 aromatic carbocycles. The molecule has 0 aromatic rings. The summed E-state index contributed by atoms with van der Waals surface area (Å²) in [5.74, 6) is -6.65. The second kappa shape index (κ2) is 22.0. The van der Waals surface area contributed by atoms with Crippen molar-refractivity contribution in [3.8, 4) is 0 Å². The summed E-state index contributed by atoms with van der Waals surface area (Å²) in [5, 5.41) is 41.3. The van der Waals surface area contributed by atoms with Gasteiger partial charge in [0, 0.05) is 13.1 Å². The Morgan fingerprint density at radius 2 is 1.04 bits per heavy atom. The molecule has 0 bridgehead atoms. The summed E-state index contributed by atoms with van der Waals surface area (Å²) in [5.41, 5.74) is 27.1. The number of aliphatic imine (C=N–C) groups is 2. The summed E-state index contributed by atoms with van der Waals surface area (Å²) < 4.78 is 0. The van der Waals surface area contributed by atoms with Gasteiger partial charge in [0.2, 0.25) is 29.5 Å². The smallest absolute Gasteiger partial charge is 0.328 e. The zero-order chi connectivity index (χ0) is 38.0. The quantitative estimate of drug-likeness (QED) is 0.0284. The predicted octanol–water partition coefficient (Wildman–Crippen LogP) is -5.63. The van der Waals surface area contributed by atoms with Gasteiger partial charge < -0.3 is 70.6 Å². The van der Waals surface area contributed by atoms with Crippen LogP contribution in [0.5, 0.6) is 0 Å². The van der Waals surface area contributed by atoms with Crippen LogP contribution in [0.4, 0.5) is 0 Å². The van der Waals surface area contributed by atoms with E-state index in [1.54, 1.807) is 13.8 Å². The summed E-state index contributed by atoms with van der Waals surface area (Å²) in [6.07, 6.45) is -2.20.